The number of hydrogen-bond donors (Lipinski definition) is 1. The summed E-state index contributed by atoms with van der Waals surface area (Å²) < 4.78 is 0. The van der Waals surface area contributed by atoms with Crippen LogP contribution in [0.5, 0.6) is 0 Å². The molecule has 1 saturated carbocycles. The lowest BCUT2D eigenvalue weighted by Gasteiger charge is -2.44. The maximum Gasteiger partial charge on any atom is 0.324 e. The monoisotopic (exact) mass is 488 g/mol. The molecule has 3 atom stereocenters. The third-order valence-corrected chi connectivity index (χ3v) is 8.10. The van der Waals surface area contributed by atoms with E-state index in [9.17, 15) is 14.4 Å². The number of carbonyl (C=O) groups is 3. The number of hydrogen-bond acceptors (Lipinski definition) is 4. The van der Waals surface area contributed by atoms with E-state index in [-0.39, 0.29) is 35.7 Å². The molecule has 3 unspecified atom stereocenters. The highest BCUT2D eigenvalue weighted by Crippen LogP contribution is 2.34. The average molecular weight is 489 g/mol. The molecule has 0 radical (unpaired) electrons. The Bertz CT molecular complexity index is 1130. The second kappa shape index (κ2) is 10.3. The Kier molecular flexibility index (Phi) is 6.99. The highest BCUT2D eigenvalue weighted by molar-refractivity contribution is 5.99. The molecule has 1 N–H and O–H groups in total. The first-order valence-electron chi connectivity index (χ1n) is 13.2. The molecule has 0 bridgehead atoms. The Labute approximate surface area is 213 Å². The Morgan fingerprint density at radius 3 is 2.47 bits per heavy atom. The van der Waals surface area contributed by atoms with Crippen molar-refractivity contribution in [2.75, 3.05) is 37.6 Å². The molecule has 2 aromatic rings. The SMILES string of the molecule is Cc1ccc(C)c(N2CCN(C(=O)C3CCC4C(=O)N(CCc5ccccc5)C(=O)NC4C3)CC2)c1. The lowest BCUT2D eigenvalue weighted by molar-refractivity contribution is -0.142. The maximum atomic E-state index is 13.4. The molecule has 7 nitrogen and oxygen atoms in total. The van der Waals surface area contributed by atoms with Gasteiger partial charge in [0.05, 0.1) is 5.92 Å². The van der Waals surface area contributed by atoms with Crippen LogP contribution in [0.1, 0.15) is 36.0 Å². The van der Waals surface area contributed by atoms with E-state index in [1.54, 1.807) is 0 Å². The van der Waals surface area contributed by atoms with Crippen molar-refractivity contribution in [3.63, 3.8) is 0 Å². The molecule has 3 fully saturated rings. The van der Waals surface area contributed by atoms with Crippen molar-refractivity contribution < 1.29 is 14.4 Å². The summed E-state index contributed by atoms with van der Waals surface area (Å²) in [6, 6.07) is 15.8. The minimum atomic E-state index is -0.326. The summed E-state index contributed by atoms with van der Waals surface area (Å²) in [4.78, 5) is 45.0. The number of carbonyl (C=O) groups excluding carboxylic acids is 3. The van der Waals surface area contributed by atoms with Gasteiger partial charge in [-0.15, -0.1) is 0 Å². The van der Waals surface area contributed by atoms with Crippen LogP contribution in [0.4, 0.5) is 10.5 Å². The smallest absolute Gasteiger partial charge is 0.324 e. The molecule has 0 aromatic heterocycles. The molecule has 3 aliphatic rings. The summed E-state index contributed by atoms with van der Waals surface area (Å²) in [5.74, 6) is -0.291. The van der Waals surface area contributed by atoms with Gasteiger partial charge in [0.25, 0.3) is 0 Å². The number of imide groups is 1. The minimum Gasteiger partial charge on any atom is -0.368 e. The zero-order valence-electron chi connectivity index (χ0n) is 21.3. The van der Waals surface area contributed by atoms with Gasteiger partial charge < -0.3 is 15.1 Å². The number of piperazine rings is 1. The molecule has 5 rings (SSSR count). The summed E-state index contributed by atoms with van der Waals surface area (Å²) in [6.07, 6.45) is 2.53. The van der Waals surface area contributed by atoms with Gasteiger partial charge in [-0.2, -0.15) is 0 Å². The van der Waals surface area contributed by atoms with E-state index in [1.807, 2.05) is 35.2 Å². The van der Waals surface area contributed by atoms with E-state index in [2.05, 4.69) is 42.3 Å². The molecular formula is C29H36N4O3. The van der Waals surface area contributed by atoms with Crippen molar-refractivity contribution in [3.05, 3.63) is 65.2 Å². The molecule has 2 aromatic carbocycles. The number of fused-ring (bicyclic) bond motifs is 1. The van der Waals surface area contributed by atoms with Crippen LogP contribution < -0.4 is 10.2 Å². The molecular weight excluding hydrogens is 452 g/mol. The van der Waals surface area contributed by atoms with Gasteiger partial charge in [0, 0.05) is 50.4 Å². The molecule has 190 valence electrons. The zero-order chi connectivity index (χ0) is 25.2. The van der Waals surface area contributed by atoms with E-state index in [0.29, 0.717) is 45.3 Å². The molecule has 2 heterocycles. The van der Waals surface area contributed by atoms with Crippen molar-refractivity contribution in [1.29, 1.82) is 0 Å². The van der Waals surface area contributed by atoms with E-state index in [4.69, 9.17) is 0 Å². The maximum absolute atomic E-state index is 13.4. The van der Waals surface area contributed by atoms with Gasteiger partial charge in [0.15, 0.2) is 0 Å². The summed E-state index contributed by atoms with van der Waals surface area (Å²) in [5.41, 5.74) is 4.86. The first-order chi connectivity index (χ1) is 17.4. The van der Waals surface area contributed by atoms with Gasteiger partial charge in [-0.05, 0) is 62.3 Å². The Morgan fingerprint density at radius 2 is 1.72 bits per heavy atom. The number of benzene rings is 2. The molecule has 2 aliphatic heterocycles. The van der Waals surface area contributed by atoms with Crippen molar-refractivity contribution in [3.8, 4) is 0 Å². The topological polar surface area (TPSA) is 73.0 Å². The van der Waals surface area contributed by atoms with Crippen molar-refractivity contribution in [2.45, 2.75) is 45.6 Å². The third kappa shape index (κ3) is 4.97. The zero-order valence-corrected chi connectivity index (χ0v) is 21.3. The number of urea groups is 1. The number of nitrogens with zero attached hydrogens (tertiary/aromatic N) is 3. The average Bonchev–Trinajstić information content (AvgIpc) is 2.90. The fourth-order valence-electron chi connectivity index (χ4n) is 5.97. The van der Waals surface area contributed by atoms with Crippen LogP contribution in [0.3, 0.4) is 0 Å². The summed E-state index contributed by atoms with van der Waals surface area (Å²) in [5, 5.41) is 3.05. The minimum absolute atomic E-state index is 0.0901. The van der Waals surface area contributed by atoms with Crippen LogP contribution in [-0.2, 0) is 16.0 Å². The molecule has 2 saturated heterocycles. The number of anilines is 1. The van der Waals surface area contributed by atoms with Crippen molar-refractivity contribution in [1.82, 2.24) is 15.1 Å². The standard InChI is InChI=1S/C29H36N4O3/c1-20-8-9-21(2)26(18-20)31-14-16-32(17-15-31)27(34)23-10-11-24-25(19-23)30-29(36)33(28(24)35)13-12-22-6-4-3-5-7-22/h3-9,18,23-25H,10-17,19H2,1-2H3,(H,30,36). The van der Waals surface area contributed by atoms with E-state index in [1.165, 1.54) is 21.7 Å². The lowest BCUT2D eigenvalue weighted by Crippen LogP contribution is -2.62. The number of nitrogens with one attached hydrogen (secondary N) is 1. The Morgan fingerprint density at radius 1 is 0.972 bits per heavy atom. The number of rotatable bonds is 5. The van der Waals surface area contributed by atoms with E-state index >= 15 is 0 Å². The van der Waals surface area contributed by atoms with Crippen LogP contribution in [0.2, 0.25) is 0 Å². The molecule has 7 heteroatoms. The van der Waals surface area contributed by atoms with Crippen molar-refractivity contribution >= 4 is 23.5 Å². The van der Waals surface area contributed by atoms with E-state index in [0.717, 1.165) is 18.7 Å². The molecule has 36 heavy (non-hydrogen) atoms. The van der Waals surface area contributed by atoms with Gasteiger partial charge in [-0.3, -0.25) is 14.5 Å². The first kappa shape index (κ1) is 24.3. The van der Waals surface area contributed by atoms with Gasteiger partial charge in [0.2, 0.25) is 11.8 Å². The van der Waals surface area contributed by atoms with Gasteiger partial charge in [0.1, 0.15) is 0 Å². The fourth-order valence-corrected chi connectivity index (χ4v) is 5.97. The summed E-state index contributed by atoms with van der Waals surface area (Å²) in [6.45, 7) is 7.67. The van der Waals surface area contributed by atoms with Crippen LogP contribution in [-0.4, -0.2) is 66.4 Å². The largest absolute Gasteiger partial charge is 0.368 e. The Hall–Kier alpha value is -3.35. The number of amides is 4. The van der Waals surface area contributed by atoms with Gasteiger partial charge >= 0.3 is 6.03 Å². The first-order valence-corrected chi connectivity index (χ1v) is 13.2. The summed E-state index contributed by atoms with van der Waals surface area (Å²) >= 11 is 0. The van der Waals surface area contributed by atoms with Crippen LogP contribution in [0.15, 0.2) is 48.5 Å². The molecule has 1 aliphatic carbocycles. The highest BCUT2D eigenvalue weighted by Gasteiger charge is 2.46. The lowest BCUT2D eigenvalue weighted by atomic mass is 9.76. The van der Waals surface area contributed by atoms with Crippen LogP contribution in [0, 0.1) is 25.7 Å². The van der Waals surface area contributed by atoms with Crippen LogP contribution in [0.25, 0.3) is 0 Å². The van der Waals surface area contributed by atoms with Gasteiger partial charge in [-0.25, -0.2) is 4.79 Å². The predicted molar refractivity (Wildman–Crippen MR) is 140 cm³/mol. The molecule has 0 spiro atoms. The van der Waals surface area contributed by atoms with Crippen molar-refractivity contribution in [2.24, 2.45) is 11.8 Å². The van der Waals surface area contributed by atoms with Gasteiger partial charge in [-0.1, -0.05) is 42.5 Å². The van der Waals surface area contributed by atoms with Crippen LogP contribution >= 0.6 is 0 Å². The van der Waals surface area contributed by atoms with E-state index < -0.39 is 0 Å². The second-order valence-corrected chi connectivity index (χ2v) is 10.5. The predicted octanol–water partition coefficient (Wildman–Crippen LogP) is 3.53. The third-order valence-electron chi connectivity index (χ3n) is 8.10. The number of aryl methyl sites for hydroxylation is 2. The second-order valence-electron chi connectivity index (χ2n) is 10.5. The quantitative estimate of drug-likeness (QED) is 0.699. The molecule has 4 amide bonds. The Balaban J connectivity index is 1.15. The fraction of sp³-hybridized carbons (Fsp3) is 0.483. The summed E-state index contributed by atoms with van der Waals surface area (Å²) in [7, 11) is 0. The highest BCUT2D eigenvalue weighted by atomic mass is 16.2. The normalized spacial score (nSPS) is 24.4.